The largest absolute Gasteiger partial charge is 0.490 e. The predicted molar refractivity (Wildman–Crippen MR) is 68.5 cm³/mol. The van der Waals surface area contributed by atoms with Crippen molar-refractivity contribution in [2.75, 3.05) is 6.61 Å². The average Bonchev–Trinajstić information content (AvgIpc) is 2.80. The van der Waals surface area contributed by atoms with Crippen LogP contribution in [-0.2, 0) is 6.54 Å². The van der Waals surface area contributed by atoms with Gasteiger partial charge in [0.2, 0.25) is 0 Å². The maximum atomic E-state index is 10.4. The number of halogens is 1. The molecule has 0 unspecified atom stereocenters. The van der Waals surface area contributed by atoms with E-state index in [1.165, 1.54) is 10.7 Å². The Morgan fingerprint density at radius 2 is 2.17 bits per heavy atom. The quantitative estimate of drug-likeness (QED) is 0.628. The molecule has 94 valence electrons. The summed E-state index contributed by atoms with van der Waals surface area (Å²) in [6.45, 7) is 0.844. The second kappa shape index (κ2) is 5.63. The fourth-order valence-corrected chi connectivity index (χ4v) is 1.78. The molecule has 1 aromatic carbocycles. The lowest BCUT2D eigenvalue weighted by Gasteiger charge is -2.06. The minimum absolute atomic E-state index is 0.157. The van der Waals surface area contributed by atoms with Crippen LogP contribution in [0.15, 0.2) is 41.0 Å². The van der Waals surface area contributed by atoms with Crippen molar-refractivity contribution >= 4 is 21.7 Å². The zero-order valence-electron chi connectivity index (χ0n) is 9.32. The van der Waals surface area contributed by atoms with Crippen molar-refractivity contribution in [3.8, 4) is 5.75 Å². The maximum Gasteiger partial charge on any atom is 0.389 e. The van der Waals surface area contributed by atoms with Crippen molar-refractivity contribution < 1.29 is 9.66 Å². The predicted octanol–water partition coefficient (Wildman–Crippen LogP) is 2.63. The SMILES string of the molecule is O=[N+]([O-])c1ccn(CCOc2ccccc2Br)n1. The molecule has 0 aliphatic carbocycles. The van der Waals surface area contributed by atoms with Gasteiger partial charge in [-0.3, -0.25) is 0 Å². The van der Waals surface area contributed by atoms with Crippen LogP contribution in [0.3, 0.4) is 0 Å². The average molecular weight is 312 g/mol. The molecule has 0 saturated carbocycles. The smallest absolute Gasteiger partial charge is 0.389 e. The molecule has 0 fully saturated rings. The molecule has 0 radical (unpaired) electrons. The molecule has 18 heavy (non-hydrogen) atoms. The third-order valence-corrected chi connectivity index (χ3v) is 2.88. The number of rotatable bonds is 5. The lowest BCUT2D eigenvalue weighted by atomic mass is 10.3. The minimum Gasteiger partial charge on any atom is -0.490 e. The van der Waals surface area contributed by atoms with Gasteiger partial charge in [-0.15, -0.1) is 0 Å². The Kier molecular flexibility index (Phi) is 3.93. The Hall–Kier alpha value is -1.89. The summed E-state index contributed by atoms with van der Waals surface area (Å²) in [5.41, 5.74) is 0. The van der Waals surface area contributed by atoms with E-state index in [0.717, 1.165) is 10.2 Å². The summed E-state index contributed by atoms with van der Waals surface area (Å²) in [5.74, 6) is 0.579. The summed E-state index contributed by atoms with van der Waals surface area (Å²) in [5, 5.41) is 14.2. The van der Waals surface area contributed by atoms with Gasteiger partial charge in [-0.05, 0) is 33.0 Å². The van der Waals surface area contributed by atoms with E-state index in [-0.39, 0.29) is 5.82 Å². The first kappa shape index (κ1) is 12.6. The fourth-order valence-electron chi connectivity index (χ4n) is 1.38. The van der Waals surface area contributed by atoms with Gasteiger partial charge in [0, 0.05) is 0 Å². The first-order chi connectivity index (χ1) is 8.66. The molecule has 0 spiro atoms. The van der Waals surface area contributed by atoms with Gasteiger partial charge >= 0.3 is 5.82 Å². The van der Waals surface area contributed by atoms with Gasteiger partial charge in [-0.25, -0.2) is 0 Å². The van der Waals surface area contributed by atoms with E-state index in [1.54, 1.807) is 6.20 Å². The minimum atomic E-state index is -0.523. The molecule has 0 N–H and O–H groups in total. The van der Waals surface area contributed by atoms with Crippen LogP contribution < -0.4 is 4.74 Å². The molecule has 7 heteroatoms. The first-order valence-corrected chi connectivity index (χ1v) is 6.01. The number of hydrogen-bond donors (Lipinski definition) is 0. The van der Waals surface area contributed by atoms with E-state index in [4.69, 9.17) is 4.74 Å². The van der Waals surface area contributed by atoms with Crippen molar-refractivity contribution in [3.63, 3.8) is 0 Å². The zero-order chi connectivity index (χ0) is 13.0. The van der Waals surface area contributed by atoms with E-state index >= 15 is 0 Å². The van der Waals surface area contributed by atoms with Crippen LogP contribution in [0.25, 0.3) is 0 Å². The number of benzene rings is 1. The van der Waals surface area contributed by atoms with E-state index in [1.807, 2.05) is 24.3 Å². The normalized spacial score (nSPS) is 10.3. The van der Waals surface area contributed by atoms with Crippen molar-refractivity contribution in [1.82, 2.24) is 9.78 Å². The molecule has 1 aromatic heterocycles. The van der Waals surface area contributed by atoms with Gasteiger partial charge in [0.15, 0.2) is 0 Å². The molecular weight excluding hydrogens is 302 g/mol. The van der Waals surface area contributed by atoms with Gasteiger partial charge in [-0.1, -0.05) is 12.1 Å². The highest BCUT2D eigenvalue weighted by molar-refractivity contribution is 9.10. The Morgan fingerprint density at radius 1 is 1.39 bits per heavy atom. The van der Waals surface area contributed by atoms with Crippen molar-refractivity contribution in [2.45, 2.75) is 6.54 Å². The number of ether oxygens (including phenoxy) is 1. The highest BCUT2D eigenvalue weighted by Gasteiger charge is 2.10. The number of hydrogen-bond acceptors (Lipinski definition) is 4. The summed E-state index contributed by atoms with van der Waals surface area (Å²) >= 11 is 3.37. The molecule has 0 aliphatic rings. The Balaban J connectivity index is 1.88. The van der Waals surface area contributed by atoms with Crippen LogP contribution in [0.1, 0.15) is 0 Å². The molecule has 0 aliphatic heterocycles. The Bertz CT molecular complexity index is 556. The molecule has 1 heterocycles. The lowest BCUT2D eigenvalue weighted by molar-refractivity contribution is -0.389. The summed E-state index contributed by atoms with van der Waals surface area (Å²) in [7, 11) is 0. The van der Waals surface area contributed by atoms with Crippen LogP contribution >= 0.6 is 15.9 Å². The van der Waals surface area contributed by atoms with Crippen molar-refractivity contribution in [2.24, 2.45) is 0 Å². The summed E-state index contributed by atoms with van der Waals surface area (Å²) in [6.07, 6.45) is 1.56. The van der Waals surface area contributed by atoms with Gasteiger partial charge in [0.05, 0.1) is 28.4 Å². The molecular formula is C11H10BrN3O3. The molecule has 2 rings (SSSR count). The van der Waals surface area contributed by atoms with Crippen LogP contribution in [0.2, 0.25) is 0 Å². The van der Waals surface area contributed by atoms with Crippen LogP contribution in [0.4, 0.5) is 5.82 Å². The second-order valence-corrected chi connectivity index (χ2v) is 4.33. The number of nitro groups is 1. The van der Waals surface area contributed by atoms with Gasteiger partial charge in [-0.2, -0.15) is 4.68 Å². The Labute approximate surface area is 111 Å². The van der Waals surface area contributed by atoms with Crippen molar-refractivity contribution in [1.29, 1.82) is 0 Å². The van der Waals surface area contributed by atoms with E-state index < -0.39 is 4.92 Å². The summed E-state index contributed by atoms with van der Waals surface area (Å²) in [6, 6.07) is 8.86. The van der Waals surface area contributed by atoms with E-state index in [2.05, 4.69) is 21.0 Å². The number of nitrogens with zero attached hydrogens (tertiary/aromatic N) is 3. The van der Waals surface area contributed by atoms with Gasteiger partial charge in [0.25, 0.3) is 0 Å². The Morgan fingerprint density at radius 3 is 2.83 bits per heavy atom. The van der Waals surface area contributed by atoms with Crippen molar-refractivity contribution in [3.05, 3.63) is 51.1 Å². The van der Waals surface area contributed by atoms with Gasteiger partial charge < -0.3 is 14.9 Å². The zero-order valence-corrected chi connectivity index (χ0v) is 10.9. The topological polar surface area (TPSA) is 70.2 Å². The molecule has 6 nitrogen and oxygen atoms in total. The van der Waals surface area contributed by atoms with Gasteiger partial charge in [0.1, 0.15) is 12.4 Å². The van der Waals surface area contributed by atoms with E-state index in [9.17, 15) is 10.1 Å². The molecule has 0 amide bonds. The van der Waals surface area contributed by atoms with Crippen LogP contribution in [-0.4, -0.2) is 21.3 Å². The molecule has 0 saturated heterocycles. The lowest BCUT2D eigenvalue weighted by Crippen LogP contribution is -2.09. The first-order valence-electron chi connectivity index (χ1n) is 5.22. The summed E-state index contributed by atoms with van der Waals surface area (Å²) in [4.78, 5) is 9.92. The fraction of sp³-hybridized carbons (Fsp3) is 0.182. The third-order valence-electron chi connectivity index (χ3n) is 2.23. The maximum absolute atomic E-state index is 10.4. The highest BCUT2D eigenvalue weighted by atomic mass is 79.9. The third kappa shape index (κ3) is 3.07. The standard InChI is InChI=1S/C11H10BrN3O3/c12-9-3-1-2-4-10(9)18-8-7-14-6-5-11(13-14)15(16)17/h1-6H,7-8H2. The monoisotopic (exact) mass is 311 g/mol. The second-order valence-electron chi connectivity index (χ2n) is 3.47. The van der Waals surface area contributed by atoms with Crippen LogP contribution in [0.5, 0.6) is 5.75 Å². The van der Waals surface area contributed by atoms with Crippen LogP contribution in [0, 0.1) is 10.1 Å². The molecule has 2 aromatic rings. The van der Waals surface area contributed by atoms with E-state index in [0.29, 0.717) is 13.2 Å². The number of aromatic nitrogens is 2. The highest BCUT2D eigenvalue weighted by Crippen LogP contribution is 2.23. The summed E-state index contributed by atoms with van der Waals surface area (Å²) < 4.78 is 7.89. The number of para-hydroxylation sites is 1. The molecule has 0 atom stereocenters. The molecule has 0 bridgehead atoms.